The molecule has 1 aliphatic heterocycles. The summed E-state index contributed by atoms with van der Waals surface area (Å²) < 4.78 is 22.9. The van der Waals surface area contributed by atoms with Gasteiger partial charge in [0.25, 0.3) is 0 Å². The molecule has 0 saturated carbocycles. The van der Waals surface area contributed by atoms with E-state index in [1.54, 1.807) is 6.07 Å². The Morgan fingerprint density at radius 3 is 2.55 bits per heavy atom. The second kappa shape index (κ2) is 9.38. The quantitative estimate of drug-likeness (QED) is 0.358. The monoisotopic (exact) mass is 461 g/mol. The standard InChI is InChI=1S/C25H23N3O4S/c1-30-25(29)21-5-4-6-22(24(21)27-12-2-3-13-27)28-15-20(16-28)32-19-9-7-18(8-10-19)17-31-23-11-14-33-26-23/h2-14,20H,15-17H2,1H3. The van der Waals surface area contributed by atoms with Crippen molar-refractivity contribution in [3.05, 3.63) is 89.6 Å². The highest BCUT2D eigenvalue weighted by Crippen LogP contribution is 2.33. The van der Waals surface area contributed by atoms with Crippen molar-refractivity contribution in [3.63, 3.8) is 0 Å². The molecule has 1 aliphatic rings. The number of hydrogen-bond acceptors (Lipinski definition) is 7. The molecule has 1 saturated heterocycles. The summed E-state index contributed by atoms with van der Waals surface area (Å²) in [6.07, 6.45) is 3.93. The van der Waals surface area contributed by atoms with E-state index in [0.717, 1.165) is 35.8 Å². The molecule has 0 N–H and O–H groups in total. The molecule has 8 heteroatoms. The molecule has 4 aromatic rings. The molecule has 2 aromatic heterocycles. The number of nitrogens with zero attached hydrogens (tertiary/aromatic N) is 3. The molecule has 0 spiro atoms. The molecule has 0 amide bonds. The van der Waals surface area contributed by atoms with Gasteiger partial charge in [0.1, 0.15) is 18.5 Å². The number of carbonyl (C=O) groups is 1. The fourth-order valence-corrected chi connectivity index (χ4v) is 4.27. The number of anilines is 1. The topological polar surface area (TPSA) is 65.8 Å². The van der Waals surface area contributed by atoms with Crippen LogP contribution < -0.4 is 14.4 Å². The first-order chi connectivity index (χ1) is 16.2. The van der Waals surface area contributed by atoms with Crippen LogP contribution in [-0.4, -0.2) is 41.2 Å². The highest BCUT2D eigenvalue weighted by Gasteiger charge is 2.32. The average molecular weight is 462 g/mol. The van der Waals surface area contributed by atoms with Crippen LogP contribution in [-0.2, 0) is 11.3 Å². The van der Waals surface area contributed by atoms with Crippen molar-refractivity contribution in [2.75, 3.05) is 25.1 Å². The third kappa shape index (κ3) is 4.56. The summed E-state index contributed by atoms with van der Waals surface area (Å²) in [4.78, 5) is 14.6. The largest absolute Gasteiger partial charge is 0.487 e. The molecular formula is C25H23N3O4S. The summed E-state index contributed by atoms with van der Waals surface area (Å²) in [5.74, 6) is 1.11. The average Bonchev–Trinajstić information content (AvgIpc) is 3.54. The molecule has 0 unspecified atom stereocenters. The van der Waals surface area contributed by atoms with Crippen LogP contribution in [0.15, 0.2) is 78.4 Å². The van der Waals surface area contributed by atoms with Gasteiger partial charge in [-0.3, -0.25) is 0 Å². The normalized spacial score (nSPS) is 13.4. The van der Waals surface area contributed by atoms with E-state index >= 15 is 0 Å². The van der Waals surface area contributed by atoms with Crippen molar-refractivity contribution in [3.8, 4) is 17.3 Å². The van der Waals surface area contributed by atoms with E-state index in [9.17, 15) is 4.79 Å². The number of rotatable bonds is 8. The molecule has 0 radical (unpaired) electrons. The summed E-state index contributed by atoms with van der Waals surface area (Å²) in [5.41, 5.74) is 3.38. The Morgan fingerprint density at radius 1 is 1.06 bits per heavy atom. The number of para-hydroxylation sites is 1. The van der Waals surface area contributed by atoms with E-state index in [0.29, 0.717) is 18.1 Å². The van der Waals surface area contributed by atoms with Gasteiger partial charge in [0.15, 0.2) is 0 Å². The molecule has 2 aromatic carbocycles. The van der Waals surface area contributed by atoms with E-state index in [-0.39, 0.29) is 12.1 Å². The lowest BCUT2D eigenvalue weighted by molar-refractivity contribution is 0.0600. The van der Waals surface area contributed by atoms with Crippen LogP contribution in [0.2, 0.25) is 0 Å². The van der Waals surface area contributed by atoms with Gasteiger partial charge in [-0.25, -0.2) is 4.79 Å². The van der Waals surface area contributed by atoms with Crippen molar-refractivity contribution < 1.29 is 19.0 Å². The number of esters is 1. The first-order valence-corrected chi connectivity index (χ1v) is 11.4. The van der Waals surface area contributed by atoms with Crippen LogP contribution >= 0.6 is 11.5 Å². The minimum Gasteiger partial charge on any atom is -0.487 e. The first-order valence-electron chi connectivity index (χ1n) is 10.6. The summed E-state index contributed by atoms with van der Waals surface area (Å²) >= 11 is 1.37. The lowest BCUT2D eigenvalue weighted by Crippen LogP contribution is -2.54. The summed E-state index contributed by atoms with van der Waals surface area (Å²) in [7, 11) is 1.40. The maximum Gasteiger partial charge on any atom is 0.340 e. The maximum atomic E-state index is 12.4. The molecule has 3 heterocycles. The highest BCUT2D eigenvalue weighted by molar-refractivity contribution is 7.03. The predicted octanol–water partition coefficient (Wildman–Crippen LogP) is 4.57. The fraction of sp³-hybridized carbons (Fsp3) is 0.200. The van der Waals surface area contributed by atoms with Gasteiger partial charge in [-0.05, 0) is 53.5 Å². The maximum absolute atomic E-state index is 12.4. The van der Waals surface area contributed by atoms with Gasteiger partial charge in [-0.15, -0.1) is 0 Å². The van der Waals surface area contributed by atoms with Crippen molar-refractivity contribution in [1.82, 2.24) is 8.94 Å². The molecule has 0 aliphatic carbocycles. The lowest BCUT2D eigenvalue weighted by atomic mass is 10.1. The van der Waals surface area contributed by atoms with Gasteiger partial charge < -0.3 is 23.7 Å². The molecule has 168 valence electrons. The zero-order valence-corrected chi connectivity index (χ0v) is 18.9. The Kier molecular flexibility index (Phi) is 5.99. The van der Waals surface area contributed by atoms with E-state index in [1.807, 2.05) is 76.9 Å². The van der Waals surface area contributed by atoms with Crippen LogP contribution in [0, 0.1) is 0 Å². The Hall–Kier alpha value is -3.78. The number of ether oxygens (including phenoxy) is 3. The number of carbonyl (C=O) groups excluding carboxylic acids is 1. The van der Waals surface area contributed by atoms with Crippen LogP contribution in [0.1, 0.15) is 15.9 Å². The van der Waals surface area contributed by atoms with Crippen molar-refractivity contribution in [2.24, 2.45) is 0 Å². The lowest BCUT2D eigenvalue weighted by Gasteiger charge is -2.41. The van der Waals surface area contributed by atoms with E-state index in [4.69, 9.17) is 14.2 Å². The summed E-state index contributed by atoms with van der Waals surface area (Å²) in [6.45, 7) is 1.93. The second-order valence-electron chi connectivity index (χ2n) is 7.67. The van der Waals surface area contributed by atoms with Gasteiger partial charge >= 0.3 is 5.97 Å². The van der Waals surface area contributed by atoms with Crippen LogP contribution in [0.25, 0.3) is 5.69 Å². The molecule has 0 bridgehead atoms. The van der Waals surface area contributed by atoms with Crippen molar-refractivity contribution >= 4 is 23.2 Å². The first kappa shape index (κ1) is 21.1. The summed E-state index contributed by atoms with van der Waals surface area (Å²) in [6, 6.07) is 19.4. The van der Waals surface area contributed by atoms with E-state index in [1.165, 1.54) is 18.6 Å². The van der Waals surface area contributed by atoms with E-state index < -0.39 is 0 Å². The third-order valence-corrected chi connectivity index (χ3v) is 6.04. The van der Waals surface area contributed by atoms with Crippen LogP contribution in [0.4, 0.5) is 5.69 Å². The highest BCUT2D eigenvalue weighted by atomic mass is 32.1. The second-order valence-corrected chi connectivity index (χ2v) is 8.34. The molecular weight excluding hydrogens is 438 g/mol. The zero-order chi connectivity index (χ0) is 22.6. The van der Waals surface area contributed by atoms with Crippen LogP contribution in [0.3, 0.4) is 0 Å². The molecule has 0 atom stereocenters. The van der Waals surface area contributed by atoms with Gasteiger partial charge in [0, 0.05) is 23.8 Å². The SMILES string of the molecule is COC(=O)c1cccc(N2CC(Oc3ccc(COc4ccsn4)cc3)C2)c1-n1cccc1. The molecule has 1 fully saturated rings. The molecule has 7 nitrogen and oxygen atoms in total. The van der Waals surface area contributed by atoms with Crippen molar-refractivity contribution in [2.45, 2.75) is 12.7 Å². The minimum absolute atomic E-state index is 0.0707. The fourth-order valence-electron chi connectivity index (χ4n) is 3.82. The number of hydrogen-bond donors (Lipinski definition) is 0. The van der Waals surface area contributed by atoms with Crippen LogP contribution in [0.5, 0.6) is 11.6 Å². The Morgan fingerprint density at radius 2 is 1.85 bits per heavy atom. The number of benzene rings is 2. The Balaban J connectivity index is 1.23. The van der Waals surface area contributed by atoms with Gasteiger partial charge in [-0.2, -0.15) is 4.37 Å². The predicted molar refractivity (Wildman–Crippen MR) is 127 cm³/mol. The number of aromatic nitrogens is 2. The summed E-state index contributed by atoms with van der Waals surface area (Å²) in [5, 5.41) is 1.89. The van der Waals surface area contributed by atoms with E-state index in [2.05, 4.69) is 9.27 Å². The van der Waals surface area contributed by atoms with Crippen molar-refractivity contribution in [1.29, 1.82) is 0 Å². The third-order valence-electron chi connectivity index (χ3n) is 5.50. The van der Waals surface area contributed by atoms with Gasteiger partial charge in [0.05, 0.1) is 37.1 Å². The molecule has 5 rings (SSSR count). The van der Waals surface area contributed by atoms with Gasteiger partial charge in [0.2, 0.25) is 5.88 Å². The smallest absolute Gasteiger partial charge is 0.340 e. The zero-order valence-electron chi connectivity index (χ0n) is 18.1. The molecule has 33 heavy (non-hydrogen) atoms. The number of methoxy groups -OCH3 is 1. The Bertz CT molecular complexity index is 1200. The van der Waals surface area contributed by atoms with Gasteiger partial charge in [-0.1, -0.05) is 18.2 Å². The Labute approximate surface area is 195 Å². The minimum atomic E-state index is -0.354.